The van der Waals surface area contributed by atoms with Gasteiger partial charge in [-0.25, -0.2) is 4.79 Å². The van der Waals surface area contributed by atoms with E-state index in [4.69, 9.17) is 19.1 Å². The Morgan fingerprint density at radius 3 is 2.45 bits per heavy atom. The van der Waals surface area contributed by atoms with E-state index in [1.807, 2.05) is 24.1 Å². The van der Waals surface area contributed by atoms with Gasteiger partial charge in [-0.15, -0.1) is 0 Å². The second-order valence-corrected chi connectivity index (χ2v) is 8.09. The lowest BCUT2D eigenvalue weighted by Gasteiger charge is -2.47. The van der Waals surface area contributed by atoms with Crippen molar-refractivity contribution in [3.05, 3.63) is 53.7 Å². The fourth-order valence-electron chi connectivity index (χ4n) is 4.01. The minimum atomic E-state index is -5.08. The van der Waals surface area contributed by atoms with Crippen molar-refractivity contribution in [2.45, 2.75) is 38.1 Å². The number of nitrogens with zero attached hydrogens (tertiary/aromatic N) is 3. The Kier molecular flexibility index (Phi) is 7.75. The zero-order chi connectivity index (χ0) is 24.1. The van der Waals surface area contributed by atoms with Gasteiger partial charge in [0.2, 0.25) is 0 Å². The highest BCUT2D eigenvalue weighted by Gasteiger charge is 2.41. The van der Waals surface area contributed by atoms with Gasteiger partial charge in [0.25, 0.3) is 5.91 Å². The molecule has 2 aliphatic rings. The Morgan fingerprint density at radius 2 is 1.91 bits per heavy atom. The van der Waals surface area contributed by atoms with Crippen molar-refractivity contribution >= 4 is 11.9 Å². The maximum absolute atomic E-state index is 12.7. The first kappa shape index (κ1) is 24.7. The van der Waals surface area contributed by atoms with Crippen LogP contribution in [0, 0.1) is 6.92 Å². The van der Waals surface area contributed by atoms with Gasteiger partial charge in [-0.2, -0.15) is 13.2 Å². The number of likely N-dealkylation sites (tertiary alicyclic amines) is 1. The lowest BCUT2D eigenvalue weighted by atomic mass is 9.89. The maximum atomic E-state index is 12.7. The first-order valence-corrected chi connectivity index (χ1v) is 10.5. The van der Waals surface area contributed by atoms with Crippen molar-refractivity contribution in [1.29, 1.82) is 0 Å². The van der Waals surface area contributed by atoms with Crippen LogP contribution in [0.15, 0.2) is 41.3 Å². The molecule has 2 aromatic heterocycles. The van der Waals surface area contributed by atoms with E-state index in [2.05, 4.69) is 16.0 Å². The molecule has 2 aromatic rings. The van der Waals surface area contributed by atoms with Crippen LogP contribution in [-0.2, 0) is 16.1 Å². The van der Waals surface area contributed by atoms with E-state index in [-0.39, 0.29) is 11.5 Å². The summed E-state index contributed by atoms with van der Waals surface area (Å²) in [7, 11) is 0. The van der Waals surface area contributed by atoms with E-state index in [1.54, 1.807) is 18.5 Å². The normalized spacial score (nSPS) is 18.5. The van der Waals surface area contributed by atoms with Crippen LogP contribution in [0.4, 0.5) is 13.2 Å². The third-order valence-corrected chi connectivity index (χ3v) is 5.75. The predicted octanol–water partition coefficient (Wildman–Crippen LogP) is 3.12. The summed E-state index contributed by atoms with van der Waals surface area (Å²) < 4.78 is 43.2. The highest BCUT2D eigenvalue weighted by atomic mass is 19.4. The highest BCUT2D eigenvalue weighted by Crippen LogP contribution is 2.31. The first-order valence-electron chi connectivity index (χ1n) is 10.5. The molecular weight excluding hydrogens is 443 g/mol. The average Bonchev–Trinajstić information content (AvgIpc) is 3.20. The summed E-state index contributed by atoms with van der Waals surface area (Å²) in [6.07, 6.45) is 1.97. The van der Waals surface area contributed by atoms with Crippen LogP contribution >= 0.6 is 0 Å². The molecule has 8 nitrogen and oxygen atoms in total. The molecule has 1 N–H and O–H groups in total. The van der Waals surface area contributed by atoms with Crippen molar-refractivity contribution in [1.82, 2.24) is 14.8 Å². The van der Waals surface area contributed by atoms with Gasteiger partial charge >= 0.3 is 12.1 Å². The number of hydrogen-bond donors (Lipinski definition) is 1. The Bertz CT molecular complexity index is 940. The average molecular weight is 469 g/mol. The van der Waals surface area contributed by atoms with Crippen LogP contribution < -0.4 is 0 Å². The number of alkyl halides is 3. The lowest BCUT2D eigenvalue weighted by molar-refractivity contribution is -0.192. The van der Waals surface area contributed by atoms with Crippen molar-refractivity contribution in [2.75, 3.05) is 32.8 Å². The summed E-state index contributed by atoms with van der Waals surface area (Å²) >= 11 is 0. The summed E-state index contributed by atoms with van der Waals surface area (Å²) in [5.41, 5.74) is 1.76. The van der Waals surface area contributed by atoms with E-state index in [0.29, 0.717) is 11.3 Å². The van der Waals surface area contributed by atoms with E-state index >= 15 is 0 Å². The van der Waals surface area contributed by atoms with E-state index in [9.17, 15) is 18.0 Å². The molecule has 180 valence electrons. The van der Waals surface area contributed by atoms with Gasteiger partial charge in [-0.1, -0.05) is 6.07 Å². The molecule has 4 heterocycles. The Labute approximate surface area is 188 Å². The SMILES string of the molecule is Cc1occc1C(=O)N1CCC2(CC1)CN(Cc1cccnc1)CCO2.O=C(O)C(F)(F)F. The van der Waals surface area contributed by atoms with Gasteiger partial charge in [0.05, 0.1) is 24.0 Å². The molecule has 0 saturated carbocycles. The van der Waals surface area contributed by atoms with Crippen molar-refractivity contribution in [3.63, 3.8) is 0 Å². The standard InChI is InChI=1S/C20H25N3O3.C2HF3O2/c1-16-18(4-11-25-16)19(24)23-8-5-20(6-9-23)15-22(10-12-26-20)14-17-3-2-7-21-13-17;3-2(4,5)1(6)7/h2-4,7,11,13H,5-6,8-10,12,14-15H2,1H3;(H,6,7). The number of aliphatic carboxylic acids is 1. The van der Waals surface area contributed by atoms with Crippen molar-refractivity contribution in [3.8, 4) is 0 Å². The van der Waals surface area contributed by atoms with Gasteiger partial charge in [-0.05, 0) is 37.5 Å². The number of furan rings is 1. The predicted molar refractivity (Wildman–Crippen MR) is 110 cm³/mol. The van der Waals surface area contributed by atoms with E-state index in [0.717, 1.165) is 52.2 Å². The zero-order valence-electron chi connectivity index (χ0n) is 18.2. The minimum Gasteiger partial charge on any atom is -0.475 e. The molecule has 2 fully saturated rings. The number of aryl methyl sites for hydroxylation is 1. The third kappa shape index (κ3) is 6.55. The summed E-state index contributed by atoms with van der Waals surface area (Å²) in [4.78, 5) is 30.1. The number of carbonyl (C=O) groups is 2. The highest BCUT2D eigenvalue weighted by molar-refractivity contribution is 5.95. The van der Waals surface area contributed by atoms with Crippen LogP contribution in [-0.4, -0.2) is 76.3 Å². The fraction of sp³-hybridized carbons (Fsp3) is 0.500. The molecule has 0 radical (unpaired) electrons. The van der Waals surface area contributed by atoms with Crippen molar-refractivity contribution in [2.24, 2.45) is 0 Å². The molecule has 1 spiro atoms. The quantitative estimate of drug-likeness (QED) is 0.738. The van der Waals surface area contributed by atoms with Gasteiger partial charge < -0.3 is 19.2 Å². The lowest BCUT2D eigenvalue weighted by Crippen LogP contribution is -2.57. The monoisotopic (exact) mass is 469 g/mol. The molecule has 0 unspecified atom stereocenters. The topological polar surface area (TPSA) is 96.1 Å². The van der Waals surface area contributed by atoms with Crippen LogP contribution in [0.5, 0.6) is 0 Å². The fourth-order valence-corrected chi connectivity index (χ4v) is 4.01. The van der Waals surface area contributed by atoms with Gasteiger partial charge in [0.15, 0.2) is 0 Å². The number of piperidine rings is 1. The molecule has 4 rings (SSSR count). The molecule has 2 saturated heterocycles. The number of hydrogen-bond acceptors (Lipinski definition) is 6. The maximum Gasteiger partial charge on any atom is 0.490 e. The van der Waals surface area contributed by atoms with Crippen molar-refractivity contribution < 1.29 is 37.0 Å². The smallest absolute Gasteiger partial charge is 0.475 e. The number of carbonyl (C=O) groups excluding carboxylic acids is 1. The number of aromatic nitrogens is 1. The summed E-state index contributed by atoms with van der Waals surface area (Å²) in [6, 6.07) is 5.85. The Morgan fingerprint density at radius 1 is 1.21 bits per heavy atom. The number of amides is 1. The van der Waals surface area contributed by atoms with E-state index in [1.165, 1.54) is 5.56 Å². The second-order valence-electron chi connectivity index (χ2n) is 8.09. The Balaban J connectivity index is 0.000000383. The molecule has 0 aliphatic carbocycles. The zero-order valence-corrected chi connectivity index (χ0v) is 18.2. The molecule has 0 aromatic carbocycles. The van der Waals surface area contributed by atoms with Crippen LogP contribution in [0.2, 0.25) is 0 Å². The second kappa shape index (κ2) is 10.3. The minimum absolute atomic E-state index is 0.0640. The summed E-state index contributed by atoms with van der Waals surface area (Å²) in [5.74, 6) is -2.01. The third-order valence-electron chi connectivity index (χ3n) is 5.75. The largest absolute Gasteiger partial charge is 0.490 e. The van der Waals surface area contributed by atoms with Gasteiger partial charge in [0, 0.05) is 45.1 Å². The van der Waals surface area contributed by atoms with Crippen LogP contribution in [0.1, 0.15) is 34.5 Å². The summed E-state index contributed by atoms with van der Waals surface area (Å²) in [5, 5.41) is 7.12. The number of carboxylic acids is 1. The molecule has 33 heavy (non-hydrogen) atoms. The number of carboxylic acid groups (broad SMARTS) is 1. The number of halogens is 3. The number of rotatable bonds is 3. The molecule has 2 aliphatic heterocycles. The molecule has 0 atom stereocenters. The molecule has 0 bridgehead atoms. The molecule has 11 heteroatoms. The number of morpholine rings is 1. The Hall–Kier alpha value is -2.92. The van der Waals surface area contributed by atoms with E-state index < -0.39 is 12.1 Å². The van der Waals surface area contributed by atoms with Gasteiger partial charge in [0.1, 0.15) is 5.76 Å². The molecular formula is C22H26F3N3O5. The number of ether oxygens (including phenoxy) is 1. The summed E-state index contributed by atoms with van der Waals surface area (Å²) in [6.45, 7) is 6.78. The van der Waals surface area contributed by atoms with Crippen LogP contribution in [0.3, 0.4) is 0 Å². The van der Waals surface area contributed by atoms with Gasteiger partial charge in [-0.3, -0.25) is 14.7 Å². The molecule has 1 amide bonds. The van der Waals surface area contributed by atoms with Crippen LogP contribution in [0.25, 0.3) is 0 Å². The number of pyridine rings is 1. The first-order chi connectivity index (χ1) is 15.6.